The molecule has 0 amide bonds. The summed E-state index contributed by atoms with van der Waals surface area (Å²) >= 11 is 0. The monoisotopic (exact) mass is 446 g/mol. The van der Waals surface area contributed by atoms with Crippen LogP contribution in [0.3, 0.4) is 0 Å². The summed E-state index contributed by atoms with van der Waals surface area (Å²) in [5, 5.41) is 13.0. The van der Waals surface area contributed by atoms with Crippen LogP contribution in [0.2, 0.25) is 0 Å². The first kappa shape index (κ1) is 21.2. The van der Waals surface area contributed by atoms with Gasteiger partial charge in [0.2, 0.25) is 0 Å². The molecule has 5 nitrogen and oxygen atoms in total. The van der Waals surface area contributed by atoms with Crippen molar-refractivity contribution in [3.63, 3.8) is 0 Å². The van der Waals surface area contributed by atoms with Crippen molar-refractivity contribution >= 4 is 29.9 Å². The molecule has 0 spiro atoms. The minimum atomic E-state index is -0.212. The number of nitrogens with zero attached hydrogens (tertiary/aromatic N) is 3. The fourth-order valence-corrected chi connectivity index (χ4v) is 2.86. The summed E-state index contributed by atoms with van der Waals surface area (Å²) in [7, 11) is 2.15. The topological polar surface area (TPSA) is 51.1 Å². The summed E-state index contributed by atoms with van der Waals surface area (Å²) in [6.45, 7) is 7.34. The van der Waals surface area contributed by atoms with Gasteiger partial charge in [-0.25, -0.2) is 0 Å². The molecular formula is C18H31IN4O. The van der Waals surface area contributed by atoms with Gasteiger partial charge in [-0.05, 0) is 38.9 Å². The van der Waals surface area contributed by atoms with Crippen molar-refractivity contribution < 1.29 is 5.11 Å². The smallest absolute Gasteiger partial charge is 0.194 e. The molecule has 1 heterocycles. The lowest BCUT2D eigenvalue weighted by Crippen LogP contribution is -2.40. The molecule has 1 saturated heterocycles. The maximum atomic E-state index is 9.67. The molecule has 6 heteroatoms. The maximum absolute atomic E-state index is 9.67. The van der Waals surface area contributed by atoms with E-state index in [1.54, 1.807) is 0 Å². The lowest BCUT2D eigenvalue weighted by atomic mass is 10.2. The van der Waals surface area contributed by atoms with Gasteiger partial charge >= 0.3 is 0 Å². The van der Waals surface area contributed by atoms with Gasteiger partial charge in [0.05, 0.1) is 6.10 Å². The number of rotatable bonds is 7. The Morgan fingerprint density at radius 1 is 1.38 bits per heavy atom. The Kier molecular flexibility index (Phi) is 10.3. The number of guanidine groups is 1. The number of β-amino-alcohol motifs (C(OH)–C–C–N with tert-alkyl or cyclic N) is 1. The molecule has 136 valence electrons. The number of aliphatic hydroxyl groups is 1. The number of likely N-dealkylation sites (tertiary alicyclic amines) is 1. The van der Waals surface area contributed by atoms with Gasteiger partial charge in [0.25, 0.3) is 0 Å². The molecular weight excluding hydrogens is 415 g/mol. The van der Waals surface area contributed by atoms with Crippen LogP contribution in [0, 0.1) is 0 Å². The van der Waals surface area contributed by atoms with E-state index in [1.807, 2.05) is 0 Å². The Balaban J connectivity index is 0.00000288. The Labute approximate surface area is 163 Å². The number of aliphatic imine (C=N–C) groups is 1. The summed E-state index contributed by atoms with van der Waals surface area (Å²) in [6.07, 6.45) is 1.66. The van der Waals surface area contributed by atoms with Crippen molar-refractivity contribution in [3.8, 4) is 0 Å². The van der Waals surface area contributed by atoms with Gasteiger partial charge in [0, 0.05) is 32.7 Å². The first-order valence-electron chi connectivity index (χ1n) is 8.63. The summed E-state index contributed by atoms with van der Waals surface area (Å²) < 4.78 is 0. The number of aliphatic hydroxyl groups excluding tert-OH is 1. The fourth-order valence-electron chi connectivity index (χ4n) is 2.86. The van der Waals surface area contributed by atoms with Crippen molar-refractivity contribution in [1.82, 2.24) is 15.1 Å². The zero-order valence-electron chi connectivity index (χ0n) is 14.8. The molecule has 0 unspecified atom stereocenters. The standard InChI is InChI=1S/C18H30N4O.HI/c1-3-19-18(22-13-10-17(23)15-22)20-11-7-12-21(2)14-16-8-5-4-6-9-16;/h4-6,8-9,17,23H,3,7,10-15H2,1-2H3,(H,19,20);1H/t17-;/m1./s1. The number of hydrogen-bond acceptors (Lipinski definition) is 3. The highest BCUT2D eigenvalue weighted by molar-refractivity contribution is 14.0. The van der Waals surface area contributed by atoms with Crippen LogP contribution in [0.4, 0.5) is 0 Å². The van der Waals surface area contributed by atoms with Gasteiger partial charge in [-0.1, -0.05) is 30.3 Å². The van der Waals surface area contributed by atoms with Gasteiger partial charge in [-0.2, -0.15) is 0 Å². The minimum Gasteiger partial charge on any atom is -0.391 e. The first-order chi connectivity index (χ1) is 11.2. The average molecular weight is 446 g/mol. The zero-order valence-corrected chi connectivity index (χ0v) is 17.1. The summed E-state index contributed by atoms with van der Waals surface area (Å²) in [5.74, 6) is 0.940. The third kappa shape index (κ3) is 7.36. The fraction of sp³-hybridized carbons (Fsp3) is 0.611. The predicted molar refractivity (Wildman–Crippen MR) is 111 cm³/mol. The molecule has 0 aromatic heterocycles. The largest absolute Gasteiger partial charge is 0.391 e. The van der Waals surface area contributed by atoms with Gasteiger partial charge < -0.3 is 20.2 Å². The molecule has 1 aromatic carbocycles. The molecule has 2 rings (SSSR count). The van der Waals surface area contributed by atoms with E-state index in [0.29, 0.717) is 6.54 Å². The molecule has 1 fully saturated rings. The second-order valence-electron chi connectivity index (χ2n) is 6.20. The molecule has 0 saturated carbocycles. The van der Waals surface area contributed by atoms with Crippen LogP contribution in [-0.4, -0.2) is 66.7 Å². The van der Waals surface area contributed by atoms with Crippen molar-refractivity contribution in [3.05, 3.63) is 35.9 Å². The summed E-state index contributed by atoms with van der Waals surface area (Å²) in [6, 6.07) is 10.5. The lowest BCUT2D eigenvalue weighted by Gasteiger charge is -2.21. The zero-order chi connectivity index (χ0) is 16.5. The van der Waals surface area contributed by atoms with Gasteiger partial charge in [-0.15, -0.1) is 24.0 Å². The summed E-state index contributed by atoms with van der Waals surface area (Å²) in [5.41, 5.74) is 1.35. The van der Waals surface area contributed by atoms with E-state index in [4.69, 9.17) is 4.99 Å². The lowest BCUT2D eigenvalue weighted by molar-refractivity contribution is 0.188. The van der Waals surface area contributed by atoms with E-state index in [9.17, 15) is 5.11 Å². The van der Waals surface area contributed by atoms with E-state index >= 15 is 0 Å². The van der Waals surface area contributed by atoms with Crippen molar-refractivity contribution in [2.75, 3.05) is 39.8 Å². The molecule has 0 aliphatic carbocycles. The van der Waals surface area contributed by atoms with Crippen LogP contribution in [-0.2, 0) is 6.54 Å². The van der Waals surface area contributed by atoms with Crippen LogP contribution < -0.4 is 5.32 Å². The van der Waals surface area contributed by atoms with Crippen molar-refractivity contribution in [1.29, 1.82) is 0 Å². The van der Waals surface area contributed by atoms with E-state index in [1.165, 1.54) is 5.56 Å². The Morgan fingerprint density at radius 3 is 2.75 bits per heavy atom. The second-order valence-corrected chi connectivity index (χ2v) is 6.20. The third-order valence-corrected chi connectivity index (χ3v) is 4.05. The van der Waals surface area contributed by atoms with Gasteiger partial charge in [-0.3, -0.25) is 4.99 Å². The average Bonchev–Trinajstić information content (AvgIpc) is 2.98. The molecule has 0 radical (unpaired) electrons. The van der Waals surface area contributed by atoms with E-state index in [2.05, 4.69) is 59.4 Å². The minimum absolute atomic E-state index is 0. The normalized spacial score (nSPS) is 17.9. The highest BCUT2D eigenvalue weighted by Gasteiger charge is 2.22. The quantitative estimate of drug-likeness (QED) is 0.292. The number of benzene rings is 1. The Morgan fingerprint density at radius 2 is 2.12 bits per heavy atom. The van der Waals surface area contributed by atoms with Gasteiger partial charge in [0.15, 0.2) is 5.96 Å². The molecule has 1 aliphatic rings. The molecule has 1 atom stereocenters. The van der Waals surface area contributed by atoms with Crippen LogP contribution in [0.1, 0.15) is 25.3 Å². The van der Waals surface area contributed by atoms with Crippen molar-refractivity contribution in [2.24, 2.45) is 4.99 Å². The highest BCUT2D eigenvalue weighted by atomic mass is 127. The van der Waals surface area contributed by atoms with Gasteiger partial charge in [0.1, 0.15) is 0 Å². The number of hydrogen-bond donors (Lipinski definition) is 2. The molecule has 1 aromatic rings. The first-order valence-corrected chi connectivity index (χ1v) is 8.63. The predicted octanol–water partition coefficient (Wildman–Crippen LogP) is 2.16. The Hall–Kier alpha value is -0.860. The van der Waals surface area contributed by atoms with Crippen LogP contribution in [0.5, 0.6) is 0 Å². The third-order valence-electron chi connectivity index (χ3n) is 4.05. The summed E-state index contributed by atoms with van der Waals surface area (Å²) in [4.78, 5) is 9.19. The van der Waals surface area contributed by atoms with Crippen LogP contribution in [0.15, 0.2) is 35.3 Å². The number of nitrogens with one attached hydrogen (secondary N) is 1. The van der Waals surface area contributed by atoms with E-state index in [-0.39, 0.29) is 30.1 Å². The van der Waals surface area contributed by atoms with E-state index < -0.39 is 0 Å². The highest BCUT2D eigenvalue weighted by Crippen LogP contribution is 2.09. The molecule has 0 bridgehead atoms. The Bertz CT molecular complexity index is 483. The molecule has 2 N–H and O–H groups in total. The molecule has 24 heavy (non-hydrogen) atoms. The SMILES string of the molecule is CCNC(=NCCCN(C)Cc1ccccc1)N1CC[C@@H](O)C1.I. The van der Waals surface area contributed by atoms with Crippen molar-refractivity contribution in [2.45, 2.75) is 32.4 Å². The second kappa shape index (κ2) is 11.7. The van der Waals surface area contributed by atoms with Crippen LogP contribution in [0.25, 0.3) is 0 Å². The molecule has 1 aliphatic heterocycles. The number of halogens is 1. The van der Waals surface area contributed by atoms with Crippen LogP contribution >= 0.6 is 24.0 Å². The van der Waals surface area contributed by atoms with E-state index in [0.717, 1.165) is 51.5 Å². The maximum Gasteiger partial charge on any atom is 0.194 e.